The molecule has 0 aliphatic carbocycles. The summed E-state index contributed by atoms with van der Waals surface area (Å²) in [5, 5.41) is 2.60. The fourth-order valence-corrected chi connectivity index (χ4v) is 2.76. The molecule has 1 aliphatic rings. The second-order valence-corrected chi connectivity index (χ2v) is 5.70. The van der Waals surface area contributed by atoms with Crippen molar-refractivity contribution in [1.82, 2.24) is 4.90 Å². The van der Waals surface area contributed by atoms with Crippen LogP contribution in [0.3, 0.4) is 0 Å². The Kier molecular flexibility index (Phi) is 4.76. The van der Waals surface area contributed by atoms with E-state index < -0.39 is 29.7 Å². The van der Waals surface area contributed by atoms with E-state index in [0.717, 1.165) is 0 Å². The highest BCUT2D eigenvalue weighted by Crippen LogP contribution is 2.31. The first-order valence-electron chi connectivity index (χ1n) is 7.65. The van der Waals surface area contributed by atoms with Crippen molar-refractivity contribution in [2.45, 2.75) is 12.1 Å². The third-order valence-electron chi connectivity index (χ3n) is 4.08. The number of rotatable bonds is 3. The smallest absolute Gasteiger partial charge is 0.256 e. The molecule has 0 bridgehead atoms. The number of halogens is 2. The monoisotopic (exact) mass is 346 g/mol. The van der Waals surface area contributed by atoms with Gasteiger partial charge in [0, 0.05) is 18.3 Å². The van der Waals surface area contributed by atoms with Crippen molar-refractivity contribution in [2.24, 2.45) is 0 Å². The summed E-state index contributed by atoms with van der Waals surface area (Å²) < 4.78 is 32.6. The van der Waals surface area contributed by atoms with Gasteiger partial charge >= 0.3 is 0 Å². The van der Waals surface area contributed by atoms with Crippen LogP contribution in [0.15, 0.2) is 48.5 Å². The first-order valence-corrected chi connectivity index (χ1v) is 7.65. The number of carbonyl (C=O) groups is 2. The number of hydrogen-bond acceptors (Lipinski definition) is 3. The number of anilines is 1. The number of benzene rings is 2. The summed E-state index contributed by atoms with van der Waals surface area (Å²) in [6.07, 6.45) is -1.09. The molecule has 25 heavy (non-hydrogen) atoms. The van der Waals surface area contributed by atoms with Gasteiger partial charge in [-0.05, 0) is 30.3 Å². The number of ether oxygens (including phenoxy) is 1. The van der Waals surface area contributed by atoms with Crippen LogP contribution in [0.5, 0.6) is 0 Å². The van der Waals surface area contributed by atoms with Gasteiger partial charge in [0.05, 0.1) is 6.04 Å². The Balaban J connectivity index is 1.89. The van der Waals surface area contributed by atoms with Crippen molar-refractivity contribution in [3.8, 4) is 0 Å². The molecule has 5 nitrogen and oxygen atoms in total. The molecule has 0 radical (unpaired) electrons. The lowest BCUT2D eigenvalue weighted by Crippen LogP contribution is -2.51. The summed E-state index contributed by atoms with van der Waals surface area (Å²) >= 11 is 0. The number of carbonyl (C=O) groups excluding carboxylic acids is 2. The lowest BCUT2D eigenvalue weighted by Gasteiger charge is -2.38. The number of nitrogens with one attached hydrogen (secondary N) is 1. The van der Waals surface area contributed by atoms with E-state index in [1.165, 1.54) is 54.4 Å². The molecule has 1 aliphatic heterocycles. The Hall–Kier alpha value is -2.80. The Labute approximate surface area is 143 Å². The van der Waals surface area contributed by atoms with E-state index in [4.69, 9.17) is 4.74 Å². The van der Waals surface area contributed by atoms with Crippen LogP contribution in [0.1, 0.15) is 11.6 Å². The van der Waals surface area contributed by atoms with Gasteiger partial charge in [0.2, 0.25) is 5.91 Å². The zero-order valence-electron chi connectivity index (χ0n) is 13.4. The van der Waals surface area contributed by atoms with Crippen LogP contribution >= 0.6 is 0 Å². The van der Waals surface area contributed by atoms with Gasteiger partial charge < -0.3 is 15.0 Å². The lowest BCUT2D eigenvalue weighted by atomic mass is 9.97. The van der Waals surface area contributed by atoms with Gasteiger partial charge in [0.15, 0.2) is 6.10 Å². The first kappa shape index (κ1) is 17.0. The van der Waals surface area contributed by atoms with Gasteiger partial charge in [-0.1, -0.05) is 18.2 Å². The third-order valence-corrected chi connectivity index (χ3v) is 4.08. The molecule has 1 N–H and O–H groups in total. The van der Waals surface area contributed by atoms with Crippen LogP contribution in [0.25, 0.3) is 0 Å². The van der Waals surface area contributed by atoms with Gasteiger partial charge in [0.1, 0.15) is 18.2 Å². The molecule has 2 aromatic carbocycles. The highest BCUT2D eigenvalue weighted by Gasteiger charge is 2.41. The molecule has 0 aromatic heterocycles. The summed E-state index contributed by atoms with van der Waals surface area (Å²) in [7, 11) is 1.50. The van der Waals surface area contributed by atoms with Crippen LogP contribution in [0, 0.1) is 11.6 Å². The molecule has 7 heteroatoms. The summed E-state index contributed by atoms with van der Waals surface area (Å²) in [6, 6.07) is 10.3. The molecule has 1 fully saturated rings. The molecule has 3 rings (SSSR count). The Bertz CT molecular complexity index is 795. The minimum Gasteiger partial charge on any atom is -0.356 e. The fourth-order valence-electron chi connectivity index (χ4n) is 2.76. The molecule has 0 saturated carbocycles. The van der Waals surface area contributed by atoms with Gasteiger partial charge in [-0.2, -0.15) is 0 Å². The normalized spacial score (nSPS) is 20.4. The largest absolute Gasteiger partial charge is 0.356 e. The molecular formula is C18H16F2N2O3. The number of amides is 2. The van der Waals surface area contributed by atoms with E-state index in [1.54, 1.807) is 6.07 Å². The van der Waals surface area contributed by atoms with Crippen molar-refractivity contribution in [2.75, 3.05) is 19.0 Å². The zero-order chi connectivity index (χ0) is 18.0. The van der Waals surface area contributed by atoms with Crippen molar-refractivity contribution in [1.29, 1.82) is 0 Å². The predicted molar refractivity (Wildman–Crippen MR) is 86.7 cm³/mol. The summed E-state index contributed by atoms with van der Waals surface area (Å²) in [5.74, 6) is -1.85. The van der Waals surface area contributed by atoms with Gasteiger partial charge in [-0.3, -0.25) is 9.59 Å². The standard InChI is InChI=1S/C18H16F2N2O3/c1-22-15(23)10-25-17(16(22)13-4-2-3-5-14(13)20)18(24)21-12-8-6-11(19)7-9-12/h2-9,16-17H,10H2,1H3,(H,21,24)/t16-,17+/m0/s1. The molecule has 0 spiro atoms. The topological polar surface area (TPSA) is 58.6 Å². The maximum atomic E-state index is 14.2. The van der Waals surface area contributed by atoms with E-state index in [0.29, 0.717) is 5.69 Å². The van der Waals surface area contributed by atoms with E-state index in [2.05, 4.69) is 5.32 Å². The van der Waals surface area contributed by atoms with Gasteiger partial charge in [0.25, 0.3) is 5.91 Å². The highest BCUT2D eigenvalue weighted by atomic mass is 19.1. The second kappa shape index (κ2) is 6.98. The van der Waals surface area contributed by atoms with Crippen molar-refractivity contribution in [3.05, 3.63) is 65.7 Å². The zero-order valence-corrected chi connectivity index (χ0v) is 13.4. The van der Waals surface area contributed by atoms with E-state index in [9.17, 15) is 18.4 Å². The summed E-state index contributed by atoms with van der Waals surface area (Å²) in [6.45, 7) is -0.275. The first-order chi connectivity index (χ1) is 12.0. The Morgan fingerprint density at radius 1 is 1.16 bits per heavy atom. The van der Waals surface area contributed by atoms with Crippen LogP contribution in [-0.2, 0) is 14.3 Å². The van der Waals surface area contributed by atoms with E-state index >= 15 is 0 Å². The van der Waals surface area contributed by atoms with E-state index in [-0.39, 0.29) is 18.1 Å². The van der Waals surface area contributed by atoms with Crippen molar-refractivity contribution >= 4 is 17.5 Å². The van der Waals surface area contributed by atoms with Crippen LogP contribution in [0.4, 0.5) is 14.5 Å². The van der Waals surface area contributed by atoms with Crippen molar-refractivity contribution < 1.29 is 23.1 Å². The van der Waals surface area contributed by atoms with Gasteiger partial charge in [-0.15, -0.1) is 0 Å². The van der Waals surface area contributed by atoms with Crippen LogP contribution in [0.2, 0.25) is 0 Å². The molecule has 2 atom stereocenters. The minimum absolute atomic E-state index is 0.192. The van der Waals surface area contributed by atoms with E-state index in [1.807, 2.05) is 0 Å². The van der Waals surface area contributed by atoms with Crippen LogP contribution < -0.4 is 5.32 Å². The average molecular weight is 346 g/mol. The summed E-state index contributed by atoms with van der Waals surface area (Å²) in [5.41, 5.74) is 0.569. The maximum absolute atomic E-state index is 14.2. The SMILES string of the molecule is CN1C(=O)CO[C@@H](C(=O)Nc2ccc(F)cc2)[C@@H]1c1ccccc1F. The minimum atomic E-state index is -1.09. The quantitative estimate of drug-likeness (QED) is 0.929. The van der Waals surface area contributed by atoms with Crippen molar-refractivity contribution in [3.63, 3.8) is 0 Å². The predicted octanol–water partition coefficient (Wildman–Crippen LogP) is 2.50. The molecular weight excluding hydrogens is 330 g/mol. The molecule has 130 valence electrons. The van der Waals surface area contributed by atoms with Gasteiger partial charge in [-0.25, -0.2) is 8.78 Å². The number of morpholine rings is 1. The Morgan fingerprint density at radius 2 is 1.84 bits per heavy atom. The molecule has 0 unspecified atom stereocenters. The average Bonchev–Trinajstić information content (AvgIpc) is 2.60. The molecule has 2 aromatic rings. The number of likely N-dealkylation sites (N-methyl/N-ethyl adjacent to an activating group) is 1. The second-order valence-electron chi connectivity index (χ2n) is 5.70. The highest BCUT2D eigenvalue weighted by molar-refractivity contribution is 5.96. The fraction of sp³-hybridized carbons (Fsp3) is 0.222. The van der Waals surface area contributed by atoms with Crippen LogP contribution in [-0.4, -0.2) is 36.5 Å². The Morgan fingerprint density at radius 3 is 2.52 bits per heavy atom. The maximum Gasteiger partial charge on any atom is 0.256 e. The third kappa shape index (κ3) is 3.51. The number of nitrogens with zero attached hydrogens (tertiary/aromatic N) is 1. The summed E-state index contributed by atoms with van der Waals surface area (Å²) in [4.78, 5) is 25.9. The molecule has 1 heterocycles. The molecule has 2 amide bonds. The molecule has 1 saturated heterocycles. The number of hydrogen-bond donors (Lipinski definition) is 1. The lowest BCUT2D eigenvalue weighted by molar-refractivity contribution is -0.160.